The Bertz CT molecular complexity index is 1010. The van der Waals surface area contributed by atoms with Gasteiger partial charge in [-0.3, -0.25) is 9.36 Å². The van der Waals surface area contributed by atoms with E-state index in [2.05, 4.69) is 35.4 Å². The van der Waals surface area contributed by atoms with E-state index in [1.54, 1.807) is 37.4 Å². The molecule has 0 saturated heterocycles. The highest BCUT2D eigenvalue weighted by atomic mass is 32.2. The van der Waals surface area contributed by atoms with Crippen LogP contribution in [0.2, 0.25) is 0 Å². The number of carbonyl (C=O) groups is 2. The normalized spacial score (nSPS) is 10.6. The number of aryl methyl sites for hydroxylation is 2. The third-order valence-electron chi connectivity index (χ3n) is 4.24. The zero-order valence-electron chi connectivity index (χ0n) is 16.6. The lowest BCUT2D eigenvalue weighted by molar-refractivity contribution is -0.113. The average molecular weight is 410 g/mol. The van der Waals surface area contributed by atoms with Crippen LogP contribution < -0.4 is 5.32 Å². The molecule has 1 N–H and O–H groups in total. The first-order valence-corrected chi connectivity index (χ1v) is 10.3. The highest BCUT2D eigenvalue weighted by Gasteiger charge is 2.12. The van der Waals surface area contributed by atoms with Crippen LogP contribution in [0.4, 0.5) is 5.69 Å². The number of hydrogen-bond acceptors (Lipinski definition) is 5. The Balaban J connectivity index is 1.61. The van der Waals surface area contributed by atoms with E-state index in [0.717, 1.165) is 16.4 Å². The molecule has 0 bridgehead atoms. The van der Waals surface area contributed by atoms with Crippen LogP contribution in [0, 0.1) is 13.8 Å². The van der Waals surface area contributed by atoms with Crippen molar-refractivity contribution in [1.82, 2.24) is 9.55 Å². The average Bonchev–Trinajstić information content (AvgIpc) is 3.17. The lowest BCUT2D eigenvalue weighted by Gasteiger charge is -2.11. The molecule has 0 unspecified atom stereocenters. The summed E-state index contributed by atoms with van der Waals surface area (Å²) in [5.41, 5.74) is 4.44. The molecule has 0 saturated carbocycles. The molecule has 0 radical (unpaired) electrons. The molecule has 1 heterocycles. The fraction of sp³-hybridized carbons (Fsp3) is 0.227. The predicted molar refractivity (Wildman–Crippen MR) is 115 cm³/mol. The van der Waals surface area contributed by atoms with Crippen LogP contribution in [0.5, 0.6) is 0 Å². The first-order chi connectivity index (χ1) is 14.0. The fourth-order valence-electron chi connectivity index (χ4n) is 2.79. The summed E-state index contributed by atoms with van der Waals surface area (Å²) >= 11 is 1.37. The number of carbonyl (C=O) groups excluding carboxylic acids is 2. The minimum Gasteiger partial charge on any atom is -0.462 e. The Morgan fingerprint density at radius 1 is 1.14 bits per heavy atom. The van der Waals surface area contributed by atoms with E-state index in [-0.39, 0.29) is 17.6 Å². The number of ether oxygens (including phenoxy) is 1. The van der Waals surface area contributed by atoms with Gasteiger partial charge in [-0.1, -0.05) is 23.9 Å². The highest BCUT2D eigenvalue weighted by molar-refractivity contribution is 7.99. The number of amides is 1. The largest absolute Gasteiger partial charge is 0.462 e. The van der Waals surface area contributed by atoms with E-state index < -0.39 is 0 Å². The van der Waals surface area contributed by atoms with E-state index >= 15 is 0 Å². The monoisotopic (exact) mass is 409 g/mol. The lowest BCUT2D eigenvalue weighted by atomic mass is 10.1. The molecular weight excluding hydrogens is 386 g/mol. The molecule has 1 amide bonds. The third kappa shape index (κ3) is 5.26. The summed E-state index contributed by atoms with van der Waals surface area (Å²) in [4.78, 5) is 28.4. The van der Waals surface area contributed by atoms with E-state index in [1.807, 2.05) is 17.7 Å². The van der Waals surface area contributed by atoms with Crippen molar-refractivity contribution in [2.75, 3.05) is 17.7 Å². The Morgan fingerprint density at radius 2 is 1.90 bits per heavy atom. The SMILES string of the molecule is CCOC(=O)c1ccc(NC(=O)CSc2nccn2-c2cc(C)ccc2C)cc1. The quantitative estimate of drug-likeness (QED) is 0.463. The minimum absolute atomic E-state index is 0.144. The smallest absolute Gasteiger partial charge is 0.338 e. The molecule has 3 rings (SSSR count). The summed E-state index contributed by atoms with van der Waals surface area (Å²) in [6, 6.07) is 12.9. The maximum atomic E-state index is 12.3. The number of benzene rings is 2. The van der Waals surface area contributed by atoms with Gasteiger partial charge in [-0.15, -0.1) is 0 Å². The van der Waals surface area contributed by atoms with Crippen molar-refractivity contribution in [1.29, 1.82) is 0 Å². The van der Waals surface area contributed by atoms with Crippen LogP contribution in [0.3, 0.4) is 0 Å². The number of nitrogens with zero attached hydrogens (tertiary/aromatic N) is 2. The number of anilines is 1. The zero-order chi connectivity index (χ0) is 20.8. The predicted octanol–water partition coefficient (Wildman–Crippen LogP) is 4.40. The van der Waals surface area contributed by atoms with Gasteiger partial charge in [0.25, 0.3) is 0 Å². The van der Waals surface area contributed by atoms with E-state index in [0.29, 0.717) is 17.9 Å². The van der Waals surface area contributed by atoms with Gasteiger partial charge < -0.3 is 10.1 Å². The van der Waals surface area contributed by atoms with Crippen LogP contribution in [0.15, 0.2) is 60.0 Å². The molecule has 150 valence electrons. The first-order valence-electron chi connectivity index (χ1n) is 9.28. The number of esters is 1. The standard InChI is InChI=1S/C22H23N3O3S/c1-4-28-21(27)17-7-9-18(10-8-17)24-20(26)14-29-22-23-11-12-25(22)19-13-15(2)5-6-16(19)3/h5-13H,4,14H2,1-3H3,(H,24,26). The van der Waals surface area contributed by atoms with Gasteiger partial charge in [-0.05, 0) is 62.2 Å². The maximum absolute atomic E-state index is 12.3. The second-order valence-electron chi connectivity index (χ2n) is 6.50. The van der Waals surface area contributed by atoms with Crippen LogP contribution in [0.25, 0.3) is 5.69 Å². The van der Waals surface area contributed by atoms with E-state index in [4.69, 9.17) is 4.74 Å². The fourth-order valence-corrected chi connectivity index (χ4v) is 3.56. The summed E-state index contributed by atoms with van der Waals surface area (Å²) in [5, 5.41) is 3.59. The topological polar surface area (TPSA) is 73.2 Å². The Labute approximate surface area is 174 Å². The van der Waals surface area contributed by atoms with Crippen molar-refractivity contribution < 1.29 is 14.3 Å². The molecular formula is C22H23N3O3S. The summed E-state index contributed by atoms with van der Waals surface area (Å²) in [7, 11) is 0. The van der Waals surface area contributed by atoms with Crippen molar-refractivity contribution >= 4 is 29.3 Å². The Hall–Kier alpha value is -3.06. The molecule has 0 atom stereocenters. The van der Waals surface area contributed by atoms with Gasteiger partial charge in [0.1, 0.15) is 0 Å². The number of aromatic nitrogens is 2. The van der Waals surface area contributed by atoms with Gasteiger partial charge in [0, 0.05) is 18.1 Å². The molecule has 6 nitrogen and oxygen atoms in total. The van der Waals surface area contributed by atoms with E-state index in [1.165, 1.54) is 17.3 Å². The number of thioether (sulfide) groups is 1. The third-order valence-corrected chi connectivity index (χ3v) is 5.21. The Morgan fingerprint density at radius 3 is 2.62 bits per heavy atom. The molecule has 29 heavy (non-hydrogen) atoms. The molecule has 0 aliphatic heterocycles. The molecule has 0 spiro atoms. The van der Waals surface area contributed by atoms with Crippen LogP contribution in [0.1, 0.15) is 28.4 Å². The Kier molecular flexibility index (Phi) is 6.72. The van der Waals surface area contributed by atoms with Gasteiger partial charge in [-0.2, -0.15) is 0 Å². The second kappa shape index (κ2) is 9.43. The summed E-state index contributed by atoms with van der Waals surface area (Å²) in [6.45, 7) is 6.19. The maximum Gasteiger partial charge on any atom is 0.338 e. The van der Waals surface area contributed by atoms with Gasteiger partial charge in [0.2, 0.25) is 5.91 Å². The molecule has 0 aliphatic carbocycles. The van der Waals surface area contributed by atoms with Gasteiger partial charge in [0.05, 0.1) is 23.6 Å². The van der Waals surface area contributed by atoms with Crippen LogP contribution >= 0.6 is 11.8 Å². The number of imidazole rings is 1. The molecule has 3 aromatic rings. The van der Waals surface area contributed by atoms with Crippen LogP contribution in [-0.2, 0) is 9.53 Å². The lowest BCUT2D eigenvalue weighted by Crippen LogP contribution is -2.14. The molecule has 7 heteroatoms. The number of hydrogen-bond donors (Lipinski definition) is 1. The second-order valence-corrected chi connectivity index (χ2v) is 7.45. The van der Waals surface area contributed by atoms with Gasteiger partial charge in [0.15, 0.2) is 5.16 Å². The van der Waals surface area contributed by atoms with Gasteiger partial charge in [-0.25, -0.2) is 9.78 Å². The molecule has 1 aromatic heterocycles. The van der Waals surface area contributed by atoms with Gasteiger partial charge >= 0.3 is 5.97 Å². The summed E-state index contributed by atoms with van der Waals surface area (Å²) in [6.07, 6.45) is 3.63. The first kappa shape index (κ1) is 20.7. The zero-order valence-corrected chi connectivity index (χ0v) is 17.5. The molecule has 0 aliphatic rings. The summed E-state index contributed by atoms with van der Waals surface area (Å²) < 4.78 is 6.95. The van der Waals surface area contributed by atoms with Crippen molar-refractivity contribution in [2.24, 2.45) is 0 Å². The van der Waals surface area contributed by atoms with Crippen molar-refractivity contribution in [3.63, 3.8) is 0 Å². The molecule has 2 aromatic carbocycles. The minimum atomic E-state index is -0.376. The van der Waals surface area contributed by atoms with Crippen molar-refractivity contribution in [3.8, 4) is 5.69 Å². The molecule has 0 fully saturated rings. The number of nitrogens with one attached hydrogen (secondary N) is 1. The van der Waals surface area contributed by atoms with Crippen molar-refractivity contribution in [2.45, 2.75) is 25.9 Å². The van der Waals surface area contributed by atoms with E-state index in [9.17, 15) is 9.59 Å². The van der Waals surface area contributed by atoms with Crippen LogP contribution in [-0.4, -0.2) is 33.8 Å². The highest BCUT2D eigenvalue weighted by Crippen LogP contribution is 2.24. The number of rotatable bonds is 7. The summed E-state index contributed by atoms with van der Waals surface area (Å²) in [5.74, 6) is -0.296. The van der Waals surface area contributed by atoms with Crippen molar-refractivity contribution in [3.05, 3.63) is 71.5 Å².